The standard InChI is InChI=1S/C64H74N4O12/c1-63(2,55(69)57(71)67-39-19-17-29-51(67)59(73)79-53(49-25-13-7-14-26-49)37-35-45-21-9-5-10-22-45)43-77-61(75)65-41-47-31-33-48(34-32-47)42-66-62(76)78-44-64(3,4)56(70)58(72)68-40-20-18-30-52(68)60(74)80-54(50-27-15-8-16-28-50)38-36-46-23-11-6-12-24-46/h5-16,21-28,31-34,51-54H,17-20,29-30,35-44H2,1-4H3,(H,65,75)(H,66,76)/t51?,52?,53-,54?/m1/s1. The van der Waals surface area contributed by atoms with Crippen LogP contribution in [-0.4, -0.2) is 95.7 Å². The van der Waals surface area contributed by atoms with Gasteiger partial charge in [0.05, 0.1) is 10.8 Å². The Morgan fingerprint density at radius 1 is 0.463 bits per heavy atom. The van der Waals surface area contributed by atoms with Crippen molar-refractivity contribution in [1.82, 2.24) is 20.4 Å². The third-order valence-electron chi connectivity index (χ3n) is 14.6. The Morgan fingerprint density at radius 3 is 1.15 bits per heavy atom. The normalized spacial score (nSPS) is 16.2. The van der Waals surface area contributed by atoms with Crippen LogP contribution in [0.4, 0.5) is 9.59 Å². The van der Waals surface area contributed by atoms with Gasteiger partial charge in [-0.05, 0) is 125 Å². The van der Waals surface area contributed by atoms with Gasteiger partial charge in [-0.15, -0.1) is 0 Å². The third kappa shape index (κ3) is 16.9. The number of piperidine rings is 2. The summed E-state index contributed by atoms with van der Waals surface area (Å²) >= 11 is 0. The van der Waals surface area contributed by atoms with Gasteiger partial charge in [0.15, 0.2) is 0 Å². The minimum atomic E-state index is -1.41. The van der Waals surface area contributed by atoms with Crippen LogP contribution in [0.1, 0.15) is 125 Å². The first-order chi connectivity index (χ1) is 38.5. The lowest BCUT2D eigenvalue weighted by molar-refractivity contribution is -0.165. The summed E-state index contributed by atoms with van der Waals surface area (Å²) < 4.78 is 23.1. The van der Waals surface area contributed by atoms with Crippen molar-refractivity contribution in [3.05, 3.63) is 179 Å². The predicted octanol–water partition coefficient (Wildman–Crippen LogP) is 9.93. The first kappa shape index (κ1) is 59.5. The summed E-state index contributed by atoms with van der Waals surface area (Å²) in [7, 11) is 0. The molecule has 2 saturated heterocycles. The van der Waals surface area contributed by atoms with E-state index in [9.17, 15) is 38.4 Å². The Morgan fingerprint density at radius 2 is 0.800 bits per heavy atom. The first-order valence-electron chi connectivity index (χ1n) is 27.7. The maximum Gasteiger partial charge on any atom is 0.407 e. The number of carbonyl (C=O) groups excluding carboxylic acids is 8. The summed E-state index contributed by atoms with van der Waals surface area (Å²) in [5.74, 6) is -4.38. The molecule has 0 aromatic heterocycles. The molecule has 0 bridgehead atoms. The van der Waals surface area contributed by atoms with Gasteiger partial charge < -0.3 is 39.4 Å². The van der Waals surface area contributed by atoms with Gasteiger partial charge in [-0.1, -0.05) is 146 Å². The molecule has 0 saturated carbocycles. The number of likely N-dealkylation sites (tertiary alicyclic amines) is 2. The zero-order chi connectivity index (χ0) is 57.1. The highest BCUT2D eigenvalue weighted by atomic mass is 16.6. The first-order valence-corrected chi connectivity index (χ1v) is 27.7. The van der Waals surface area contributed by atoms with Crippen LogP contribution in [0.25, 0.3) is 0 Å². The van der Waals surface area contributed by atoms with E-state index < -0.39 is 95.8 Å². The highest BCUT2D eigenvalue weighted by Crippen LogP contribution is 2.31. The summed E-state index contributed by atoms with van der Waals surface area (Å²) in [6.45, 7) is 5.81. The summed E-state index contributed by atoms with van der Waals surface area (Å²) in [5, 5.41) is 5.30. The smallest absolute Gasteiger partial charge is 0.407 e. The lowest BCUT2D eigenvalue weighted by atomic mass is 9.87. The third-order valence-corrected chi connectivity index (χ3v) is 14.6. The molecule has 0 spiro atoms. The van der Waals surface area contributed by atoms with E-state index in [0.29, 0.717) is 75.3 Å². The molecule has 7 rings (SSSR count). The molecule has 5 aromatic carbocycles. The lowest BCUT2D eigenvalue weighted by Gasteiger charge is -2.36. The number of aryl methyl sites for hydroxylation is 2. The molecule has 2 N–H and O–H groups in total. The number of ether oxygens (including phenoxy) is 4. The Bertz CT molecular complexity index is 2690. The van der Waals surface area contributed by atoms with Gasteiger partial charge in [0.1, 0.15) is 37.5 Å². The number of esters is 2. The number of nitrogens with zero attached hydrogens (tertiary/aromatic N) is 2. The van der Waals surface area contributed by atoms with E-state index in [-0.39, 0.29) is 26.2 Å². The van der Waals surface area contributed by atoms with Crippen molar-refractivity contribution in [1.29, 1.82) is 0 Å². The van der Waals surface area contributed by atoms with Crippen LogP contribution < -0.4 is 10.6 Å². The molecular weight excluding hydrogens is 1020 g/mol. The molecule has 422 valence electrons. The molecule has 0 aliphatic carbocycles. The Labute approximate surface area is 468 Å². The summed E-state index contributed by atoms with van der Waals surface area (Å²) in [4.78, 5) is 111. The number of Topliss-reactive ketones (excluding diaryl/α,β-unsaturated/α-hetero) is 2. The number of carbonyl (C=O) groups is 8. The van der Waals surface area contributed by atoms with Crippen LogP contribution in [0.5, 0.6) is 0 Å². The van der Waals surface area contributed by atoms with E-state index in [4.69, 9.17) is 18.9 Å². The topological polar surface area (TPSA) is 204 Å². The summed E-state index contributed by atoms with van der Waals surface area (Å²) in [5.41, 5.74) is 2.45. The van der Waals surface area contributed by atoms with Gasteiger partial charge in [-0.2, -0.15) is 0 Å². The zero-order valence-corrected chi connectivity index (χ0v) is 46.3. The van der Waals surface area contributed by atoms with Gasteiger partial charge >= 0.3 is 24.1 Å². The Hall–Kier alpha value is -8.14. The van der Waals surface area contributed by atoms with E-state index in [1.807, 2.05) is 121 Å². The number of hydrogen-bond donors (Lipinski definition) is 2. The van der Waals surface area contributed by atoms with Crippen LogP contribution in [0, 0.1) is 10.8 Å². The molecule has 4 atom stereocenters. The molecule has 3 unspecified atom stereocenters. The van der Waals surface area contributed by atoms with Crippen molar-refractivity contribution < 1.29 is 57.3 Å². The fourth-order valence-corrected chi connectivity index (χ4v) is 9.77. The Balaban J connectivity index is 0.826. The zero-order valence-electron chi connectivity index (χ0n) is 46.3. The molecular formula is C64H74N4O12. The molecule has 5 aromatic rings. The van der Waals surface area contributed by atoms with E-state index in [1.165, 1.54) is 37.5 Å². The average molecular weight is 1090 g/mol. The maximum absolute atomic E-state index is 13.8. The van der Waals surface area contributed by atoms with Crippen molar-refractivity contribution in [2.75, 3.05) is 26.3 Å². The van der Waals surface area contributed by atoms with Gasteiger partial charge in [0.2, 0.25) is 11.6 Å². The second-order valence-corrected chi connectivity index (χ2v) is 21.8. The van der Waals surface area contributed by atoms with Crippen LogP contribution in [0.2, 0.25) is 0 Å². The fraction of sp³-hybridized carbons (Fsp3) is 0.406. The van der Waals surface area contributed by atoms with E-state index in [0.717, 1.165) is 22.3 Å². The van der Waals surface area contributed by atoms with Gasteiger partial charge in [0, 0.05) is 26.2 Å². The SMILES string of the molecule is CC(C)(COC(=O)NCc1ccc(CNC(=O)OCC(C)(C)C(=O)C(=O)N2CCCCC2C(=O)O[C@H](CCc2ccccc2)c2ccccc2)cc1)C(=O)C(=O)N1CCCCC1C(=O)OC(CCc1ccccc1)c1ccccc1. The molecule has 4 amide bonds. The highest BCUT2D eigenvalue weighted by Gasteiger charge is 2.44. The molecule has 2 aliphatic heterocycles. The fourth-order valence-electron chi connectivity index (χ4n) is 9.77. The van der Waals surface area contributed by atoms with Crippen LogP contribution in [0.15, 0.2) is 146 Å². The molecule has 80 heavy (non-hydrogen) atoms. The van der Waals surface area contributed by atoms with E-state index in [1.54, 1.807) is 24.3 Å². The minimum Gasteiger partial charge on any atom is -0.456 e. The predicted molar refractivity (Wildman–Crippen MR) is 299 cm³/mol. The number of benzene rings is 5. The van der Waals surface area contributed by atoms with Crippen molar-refractivity contribution in [2.45, 2.75) is 129 Å². The van der Waals surface area contributed by atoms with Crippen LogP contribution in [-0.2, 0) is 73.6 Å². The number of nitrogens with one attached hydrogen (secondary N) is 2. The van der Waals surface area contributed by atoms with Crippen molar-refractivity contribution in [2.24, 2.45) is 10.8 Å². The molecule has 2 heterocycles. The summed E-state index contributed by atoms with van der Waals surface area (Å²) in [6, 6.07) is 43.8. The second-order valence-electron chi connectivity index (χ2n) is 21.8. The van der Waals surface area contributed by atoms with Crippen molar-refractivity contribution in [3.8, 4) is 0 Å². The number of alkyl carbamates (subject to hydrolysis) is 2. The van der Waals surface area contributed by atoms with E-state index >= 15 is 0 Å². The average Bonchev–Trinajstić information content (AvgIpc) is 3.50. The van der Waals surface area contributed by atoms with Gasteiger partial charge in [-0.25, -0.2) is 19.2 Å². The minimum absolute atomic E-state index is 0.0684. The number of hydrogen-bond acceptors (Lipinski definition) is 12. The monoisotopic (exact) mass is 1090 g/mol. The van der Waals surface area contributed by atoms with Crippen molar-refractivity contribution in [3.63, 3.8) is 0 Å². The van der Waals surface area contributed by atoms with Gasteiger partial charge in [0.25, 0.3) is 11.8 Å². The second kappa shape index (κ2) is 28.7. The molecule has 16 heteroatoms. The number of amides is 4. The molecule has 2 fully saturated rings. The molecule has 2 aliphatic rings. The molecule has 16 nitrogen and oxygen atoms in total. The lowest BCUT2D eigenvalue weighted by Crippen LogP contribution is -2.54. The van der Waals surface area contributed by atoms with Crippen LogP contribution >= 0.6 is 0 Å². The maximum atomic E-state index is 13.8. The summed E-state index contributed by atoms with van der Waals surface area (Å²) in [6.07, 6.45) is 2.98. The van der Waals surface area contributed by atoms with Gasteiger partial charge in [-0.3, -0.25) is 19.2 Å². The number of ketones is 2. The van der Waals surface area contributed by atoms with Crippen molar-refractivity contribution >= 4 is 47.5 Å². The number of rotatable bonds is 24. The highest BCUT2D eigenvalue weighted by molar-refractivity contribution is 6.39. The Kier molecular flexibility index (Phi) is 21.3. The molecule has 0 radical (unpaired) electrons. The van der Waals surface area contributed by atoms with Crippen LogP contribution in [0.3, 0.4) is 0 Å². The largest absolute Gasteiger partial charge is 0.456 e. The quantitative estimate of drug-likeness (QED) is 0.0337. The van der Waals surface area contributed by atoms with E-state index in [2.05, 4.69) is 10.6 Å².